The second-order valence-corrected chi connectivity index (χ2v) is 6.31. The maximum absolute atomic E-state index is 13.6. The Labute approximate surface area is 157 Å². The van der Waals surface area contributed by atoms with Gasteiger partial charge in [-0.05, 0) is 11.4 Å². The van der Waals surface area contributed by atoms with Crippen molar-refractivity contribution in [2.24, 2.45) is 0 Å². The van der Waals surface area contributed by atoms with Crippen molar-refractivity contribution in [3.8, 4) is 0 Å². The van der Waals surface area contributed by atoms with Crippen LogP contribution in [0.25, 0.3) is 0 Å². The third kappa shape index (κ3) is 3.11. The zero-order valence-electron chi connectivity index (χ0n) is 13.1. The van der Waals surface area contributed by atoms with Crippen LogP contribution in [0.15, 0.2) is 16.8 Å². The Morgan fingerprint density at radius 2 is 0.800 bits per heavy atom. The van der Waals surface area contributed by atoms with Crippen LogP contribution < -0.4 is 0 Å². The number of halogens is 17. The molecule has 0 aliphatic rings. The average Bonchev–Trinajstić information content (AvgIpc) is 3.07. The van der Waals surface area contributed by atoms with Crippen LogP contribution in [0.1, 0.15) is 5.56 Å². The lowest BCUT2D eigenvalue weighted by molar-refractivity contribution is -0.462. The van der Waals surface area contributed by atoms with E-state index in [4.69, 9.17) is 0 Å². The van der Waals surface area contributed by atoms with Crippen molar-refractivity contribution < 1.29 is 74.6 Å². The van der Waals surface area contributed by atoms with E-state index in [1.807, 2.05) is 0 Å². The summed E-state index contributed by atoms with van der Waals surface area (Å²) in [5, 5.41) is 0.426. The molecular weight excluding hydrogens is 499 g/mol. The molecule has 0 nitrogen and oxygen atoms in total. The van der Waals surface area contributed by atoms with E-state index in [2.05, 4.69) is 0 Å². The summed E-state index contributed by atoms with van der Waals surface area (Å²) >= 11 is 0.0785. The molecule has 1 heterocycles. The Kier molecular flexibility index (Phi) is 5.97. The molecule has 0 fully saturated rings. The van der Waals surface area contributed by atoms with Gasteiger partial charge in [0, 0.05) is 10.9 Å². The average molecular weight is 502 g/mol. The van der Waals surface area contributed by atoms with Crippen molar-refractivity contribution in [1.29, 1.82) is 0 Å². The zero-order valence-corrected chi connectivity index (χ0v) is 13.9. The Morgan fingerprint density at radius 1 is 0.467 bits per heavy atom. The molecule has 0 saturated heterocycles. The van der Waals surface area contributed by atoms with Crippen LogP contribution in [0.4, 0.5) is 74.6 Å². The fraction of sp³-hybridized carbons (Fsp3) is 0.667. The Morgan fingerprint density at radius 3 is 1.10 bits per heavy atom. The van der Waals surface area contributed by atoms with Crippen LogP contribution in [0.5, 0.6) is 0 Å². The molecule has 30 heavy (non-hydrogen) atoms. The minimum absolute atomic E-state index is 0.0628. The number of hydrogen-bond acceptors (Lipinski definition) is 1. The van der Waals surface area contributed by atoms with E-state index >= 15 is 0 Å². The van der Waals surface area contributed by atoms with Crippen molar-refractivity contribution in [1.82, 2.24) is 0 Å². The topological polar surface area (TPSA) is 0 Å². The molecule has 0 aromatic carbocycles. The molecule has 0 N–H and O–H groups in total. The summed E-state index contributed by atoms with van der Waals surface area (Å²) in [7, 11) is 0. The molecule has 0 aliphatic heterocycles. The van der Waals surface area contributed by atoms with Gasteiger partial charge in [0.25, 0.3) is 0 Å². The summed E-state index contributed by atoms with van der Waals surface area (Å²) in [6.45, 7) is 0. The van der Waals surface area contributed by atoms with Gasteiger partial charge in [0.2, 0.25) is 0 Å². The van der Waals surface area contributed by atoms with E-state index in [1.165, 1.54) is 0 Å². The summed E-state index contributed by atoms with van der Waals surface area (Å²) < 4.78 is 221. The van der Waals surface area contributed by atoms with E-state index in [-0.39, 0.29) is 22.8 Å². The number of hydrogen-bond donors (Lipinski definition) is 0. The minimum atomic E-state index is -8.60. The predicted octanol–water partition coefficient (Wildman–Crippen LogP) is 7.21. The molecule has 0 unspecified atom stereocenters. The van der Waals surface area contributed by atoms with E-state index in [0.717, 1.165) is 0 Å². The zero-order chi connectivity index (χ0) is 24.4. The van der Waals surface area contributed by atoms with Crippen LogP contribution in [0.2, 0.25) is 0 Å². The van der Waals surface area contributed by atoms with Gasteiger partial charge in [-0.15, -0.1) is 0 Å². The van der Waals surface area contributed by atoms with Gasteiger partial charge < -0.3 is 0 Å². The highest BCUT2D eigenvalue weighted by Crippen LogP contribution is 2.65. The van der Waals surface area contributed by atoms with Crippen molar-refractivity contribution >= 4 is 11.3 Å². The summed E-state index contributed by atoms with van der Waals surface area (Å²) in [5.41, 5.74) is -2.19. The third-order valence-electron chi connectivity index (χ3n) is 3.61. The number of thiophene rings is 1. The molecule has 176 valence electrons. The number of alkyl halides is 17. The molecule has 1 aromatic heterocycles. The summed E-state index contributed by atoms with van der Waals surface area (Å²) in [4.78, 5) is 0. The molecule has 0 aliphatic carbocycles. The molecule has 18 heteroatoms. The highest BCUT2D eigenvalue weighted by atomic mass is 32.1. The van der Waals surface area contributed by atoms with E-state index in [1.54, 1.807) is 0 Å². The largest absolute Gasteiger partial charge is 0.460 e. The van der Waals surface area contributed by atoms with Crippen molar-refractivity contribution in [3.05, 3.63) is 22.4 Å². The number of rotatable bonds is 7. The molecule has 1 rings (SSSR count). The second-order valence-electron chi connectivity index (χ2n) is 5.53. The fourth-order valence-electron chi connectivity index (χ4n) is 1.79. The van der Waals surface area contributed by atoms with Crippen molar-refractivity contribution in [2.45, 2.75) is 47.6 Å². The standard InChI is InChI=1S/C12H3F17S/c13-5(14,4-1-2-30-3-4)6(15,16)7(17,18)8(19,20)9(21,22)10(23,24)11(25,26)12(27,28)29/h1-3H. The van der Waals surface area contributed by atoms with Gasteiger partial charge in [0.05, 0.1) is 0 Å². The van der Waals surface area contributed by atoms with Crippen LogP contribution in [-0.2, 0) is 5.92 Å². The first-order valence-electron chi connectivity index (χ1n) is 6.59. The van der Waals surface area contributed by atoms with Crippen LogP contribution in [0, 0.1) is 0 Å². The molecule has 1 aromatic rings. The lowest BCUT2D eigenvalue weighted by atomic mass is 9.88. The van der Waals surface area contributed by atoms with Crippen molar-refractivity contribution in [2.75, 3.05) is 0 Å². The minimum Gasteiger partial charge on any atom is -0.194 e. The van der Waals surface area contributed by atoms with Gasteiger partial charge in [-0.25, -0.2) is 0 Å². The maximum Gasteiger partial charge on any atom is 0.460 e. The summed E-state index contributed by atoms with van der Waals surface area (Å²) in [6.07, 6.45) is -7.76. The lowest BCUT2D eigenvalue weighted by Gasteiger charge is -2.42. The monoisotopic (exact) mass is 502 g/mol. The van der Waals surface area contributed by atoms with Gasteiger partial charge >= 0.3 is 47.6 Å². The summed E-state index contributed by atoms with van der Waals surface area (Å²) in [5.74, 6) is -56.2. The van der Waals surface area contributed by atoms with E-state index < -0.39 is 53.2 Å². The summed E-state index contributed by atoms with van der Waals surface area (Å²) in [6, 6.07) is -0.0860. The van der Waals surface area contributed by atoms with Crippen LogP contribution in [0.3, 0.4) is 0 Å². The lowest BCUT2D eigenvalue weighted by Crippen LogP contribution is -2.74. The highest BCUT2D eigenvalue weighted by molar-refractivity contribution is 7.08. The van der Waals surface area contributed by atoms with Gasteiger partial charge in [-0.2, -0.15) is 86.0 Å². The fourth-order valence-corrected chi connectivity index (χ4v) is 2.47. The van der Waals surface area contributed by atoms with Gasteiger partial charge in [-0.3, -0.25) is 0 Å². The highest BCUT2D eigenvalue weighted by Gasteiger charge is 2.95. The Balaban J connectivity index is 3.67. The Hall–Kier alpha value is -1.49. The van der Waals surface area contributed by atoms with Crippen LogP contribution >= 0.6 is 11.3 Å². The van der Waals surface area contributed by atoms with E-state index in [9.17, 15) is 74.6 Å². The van der Waals surface area contributed by atoms with Gasteiger partial charge in [0.1, 0.15) is 0 Å². The first kappa shape index (κ1) is 26.5. The Bertz CT molecular complexity index is 741. The molecule has 0 radical (unpaired) electrons. The smallest absolute Gasteiger partial charge is 0.194 e. The predicted molar refractivity (Wildman–Crippen MR) is 64.0 cm³/mol. The molecule has 0 spiro atoms. The third-order valence-corrected chi connectivity index (χ3v) is 4.29. The normalized spacial score (nSPS) is 16.2. The molecule has 0 amide bonds. The quantitative estimate of drug-likeness (QED) is 0.346. The molecular formula is C12H3F17S. The maximum atomic E-state index is 13.6. The van der Waals surface area contributed by atoms with Crippen LogP contribution in [-0.4, -0.2) is 41.7 Å². The SMILES string of the molecule is FC(F)(F)C(F)(F)C(F)(F)C(F)(F)C(F)(F)C(F)(F)C(F)(F)C(F)(F)c1ccsc1. The van der Waals surface area contributed by atoms with Gasteiger partial charge in [-0.1, -0.05) is 0 Å². The van der Waals surface area contributed by atoms with Crippen molar-refractivity contribution in [3.63, 3.8) is 0 Å². The molecule has 0 atom stereocenters. The second kappa shape index (κ2) is 6.75. The first-order valence-corrected chi connectivity index (χ1v) is 7.54. The van der Waals surface area contributed by atoms with Gasteiger partial charge in [0.15, 0.2) is 0 Å². The van der Waals surface area contributed by atoms with E-state index in [0.29, 0.717) is 5.38 Å². The molecule has 0 bridgehead atoms. The molecule has 0 saturated carbocycles. The first-order chi connectivity index (χ1) is 12.9.